The Morgan fingerprint density at radius 1 is 1.53 bits per heavy atom. The number of carbonyl (C=O) groups excluding carboxylic acids is 1. The number of hydrogen-bond donors (Lipinski definition) is 1. The van der Waals surface area contributed by atoms with E-state index in [1.54, 1.807) is 11.5 Å². The van der Waals surface area contributed by atoms with Crippen LogP contribution in [0.4, 0.5) is 0 Å². The number of ether oxygens (including phenoxy) is 1. The molecule has 0 spiro atoms. The highest BCUT2D eigenvalue weighted by molar-refractivity contribution is 7.16. The molecule has 90 valence electrons. The molecule has 0 saturated heterocycles. The highest BCUT2D eigenvalue weighted by Gasteiger charge is 2.10. The van der Waals surface area contributed by atoms with Crippen LogP contribution in [0.25, 0.3) is 10.2 Å². The van der Waals surface area contributed by atoms with Gasteiger partial charge in [-0.05, 0) is 19.1 Å². The van der Waals surface area contributed by atoms with Crippen molar-refractivity contribution in [3.8, 4) is 0 Å². The van der Waals surface area contributed by atoms with Gasteiger partial charge < -0.3 is 15.1 Å². The lowest BCUT2D eigenvalue weighted by Gasteiger charge is -2.04. The number of carbonyl (C=O) groups is 1. The average Bonchev–Trinajstić information content (AvgIpc) is 2.68. The molecule has 2 rings (SSSR count). The fourth-order valence-corrected chi connectivity index (χ4v) is 2.56. The van der Waals surface area contributed by atoms with Gasteiger partial charge in [0.2, 0.25) is 4.80 Å². The van der Waals surface area contributed by atoms with Crippen molar-refractivity contribution in [1.29, 1.82) is 0 Å². The minimum Gasteiger partial charge on any atom is -0.465 e. The largest absolute Gasteiger partial charge is 0.465 e. The van der Waals surface area contributed by atoms with Crippen molar-refractivity contribution in [2.24, 2.45) is 10.9 Å². The molecule has 0 fully saturated rings. The number of benzene rings is 1. The molecule has 0 amide bonds. The van der Waals surface area contributed by atoms with E-state index in [2.05, 4.69) is 5.10 Å². The van der Waals surface area contributed by atoms with Gasteiger partial charge in [0, 0.05) is 0 Å². The van der Waals surface area contributed by atoms with Gasteiger partial charge in [0.05, 0.1) is 16.8 Å². The standard InChI is InChI=1S/C11H13N3O2S/c1-2-16-10(15)7-14-8-5-3-4-6-9(8)17-11(14)13-12/h3-6H,2,7,12H2,1H3. The smallest absolute Gasteiger partial charge is 0.326 e. The van der Waals surface area contributed by atoms with Crippen molar-refractivity contribution < 1.29 is 9.53 Å². The number of hydrogen-bond acceptors (Lipinski definition) is 5. The van der Waals surface area contributed by atoms with E-state index in [0.29, 0.717) is 11.4 Å². The van der Waals surface area contributed by atoms with Gasteiger partial charge in [-0.2, -0.15) is 5.10 Å². The summed E-state index contributed by atoms with van der Waals surface area (Å²) in [5.41, 5.74) is 0.940. The summed E-state index contributed by atoms with van der Waals surface area (Å²) in [5, 5.41) is 3.69. The summed E-state index contributed by atoms with van der Waals surface area (Å²) in [6.45, 7) is 2.28. The first-order chi connectivity index (χ1) is 8.26. The fraction of sp³-hybridized carbons (Fsp3) is 0.273. The van der Waals surface area contributed by atoms with Crippen molar-refractivity contribution in [3.63, 3.8) is 0 Å². The van der Waals surface area contributed by atoms with E-state index in [9.17, 15) is 4.79 Å². The van der Waals surface area contributed by atoms with Crippen LogP contribution in [0.15, 0.2) is 29.4 Å². The third-order valence-corrected chi connectivity index (χ3v) is 3.36. The summed E-state index contributed by atoms with van der Waals surface area (Å²) in [7, 11) is 0. The Kier molecular flexibility index (Phi) is 3.43. The second-order valence-electron chi connectivity index (χ2n) is 3.37. The van der Waals surface area contributed by atoms with Crippen molar-refractivity contribution in [3.05, 3.63) is 29.1 Å². The fourth-order valence-electron chi connectivity index (χ4n) is 1.61. The Bertz CT molecular complexity index is 600. The molecule has 0 atom stereocenters. The minimum atomic E-state index is -0.286. The summed E-state index contributed by atoms with van der Waals surface area (Å²) in [5.74, 6) is 5.04. The Morgan fingerprint density at radius 3 is 3.00 bits per heavy atom. The lowest BCUT2D eigenvalue weighted by atomic mass is 10.3. The molecule has 17 heavy (non-hydrogen) atoms. The predicted molar refractivity (Wildman–Crippen MR) is 66.2 cm³/mol. The molecular formula is C11H13N3O2S. The zero-order chi connectivity index (χ0) is 12.3. The number of rotatable bonds is 3. The van der Waals surface area contributed by atoms with Gasteiger partial charge in [-0.3, -0.25) is 4.79 Å². The quantitative estimate of drug-likeness (QED) is 0.503. The molecule has 0 aliphatic heterocycles. The van der Waals surface area contributed by atoms with Crippen LogP contribution in [-0.4, -0.2) is 17.1 Å². The maximum Gasteiger partial charge on any atom is 0.326 e. The first-order valence-electron chi connectivity index (χ1n) is 5.24. The van der Waals surface area contributed by atoms with E-state index in [-0.39, 0.29) is 12.5 Å². The van der Waals surface area contributed by atoms with E-state index in [1.807, 2.05) is 24.3 Å². The summed E-state index contributed by atoms with van der Waals surface area (Å²) < 4.78 is 7.73. The molecule has 1 heterocycles. The SMILES string of the molecule is CCOC(=O)Cn1c(=NN)sc2ccccc21. The van der Waals surface area contributed by atoms with Crippen LogP contribution in [0.2, 0.25) is 0 Å². The van der Waals surface area contributed by atoms with Crippen LogP contribution < -0.4 is 10.6 Å². The van der Waals surface area contributed by atoms with Gasteiger partial charge in [-0.1, -0.05) is 23.5 Å². The topological polar surface area (TPSA) is 69.6 Å². The molecule has 2 aromatic rings. The van der Waals surface area contributed by atoms with E-state index >= 15 is 0 Å². The highest BCUT2D eigenvalue weighted by Crippen LogP contribution is 2.16. The van der Waals surface area contributed by atoms with E-state index in [1.165, 1.54) is 11.3 Å². The summed E-state index contributed by atoms with van der Waals surface area (Å²) >= 11 is 1.45. The van der Waals surface area contributed by atoms with E-state index in [0.717, 1.165) is 10.2 Å². The molecule has 0 aliphatic carbocycles. The highest BCUT2D eigenvalue weighted by atomic mass is 32.1. The van der Waals surface area contributed by atoms with E-state index < -0.39 is 0 Å². The van der Waals surface area contributed by atoms with Crippen LogP contribution >= 0.6 is 11.3 Å². The van der Waals surface area contributed by atoms with Gasteiger partial charge in [0.15, 0.2) is 0 Å². The van der Waals surface area contributed by atoms with Crippen molar-refractivity contribution in [2.75, 3.05) is 6.61 Å². The molecule has 2 N–H and O–H groups in total. The molecule has 5 nitrogen and oxygen atoms in total. The van der Waals surface area contributed by atoms with Crippen LogP contribution in [0.1, 0.15) is 6.92 Å². The average molecular weight is 251 g/mol. The first kappa shape index (κ1) is 11.7. The third-order valence-electron chi connectivity index (χ3n) is 2.29. The number of para-hydroxylation sites is 1. The van der Waals surface area contributed by atoms with Crippen LogP contribution in [0, 0.1) is 0 Å². The van der Waals surface area contributed by atoms with Gasteiger partial charge in [0.1, 0.15) is 6.54 Å². The minimum absolute atomic E-state index is 0.133. The monoisotopic (exact) mass is 251 g/mol. The number of fused-ring (bicyclic) bond motifs is 1. The number of thiazole rings is 1. The molecule has 1 aromatic carbocycles. The molecule has 0 unspecified atom stereocenters. The molecule has 6 heteroatoms. The molecule has 0 aliphatic rings. The predicted octanol–water partition coefficient (Wildman–Crippen LogP) is 1.04. The van der Waals surface area contributed by atoms with Gasteiger partial charge in [-0.15, -0.1) is 0 Å². The summed E-state index contributed by atoms with van der Waals surface area (Å²) in [4.78, 5) is 12.1. The third kappa shape index (κ3) is 2.31. The zero-order valence-electron chi connectivity index (χ0n) is 9.42. The van der Waals surface area contributed by atoms with Crippen LogP contribution in [0.5, 0.6) is 0 Å². The number of nitrogens with zero attached hydrogens (tertiary/aromatic N) is 2. The Morgan fingerprint density at radius 2 is 2.29 bits per heavy atom. The maximum atomic E-state index is 11.5. The van der Waals surface area contributed by atoms with E-state index in [4.69, 9.17) is 10.6 Å². The first-order valence-corrected chi connectivity index (χ1v) is 6.05. The summed E-state index contributed by atoms with van der Waals surface area (Å²) in [6, 6.07) is 7.75. The van der Waals surface area contributed by atoms with Gasteiger partial charge in [0.25, 0.3) is 0 Å². The zero-order valence-corrected chi connectivity index (χ0v) is 10.2. The Labute approximate surface area is 102 Å². The lowest BCUT2D eigenvalue weighted by Crippen LogP contribution is -2.22. The number of aromatic nitrogens is 1. The number of esters is 1. The second kappa shape index (κ2) is 5.01. The van der Waals surface area contributed by atoms with Crippen molar-refractivity contribution in [2.45, 2.75) is 13.5 Å². The van der Waals surface area contributed by atoms with Gasteiger partial charge in [-0.25, -0.2) is 0 Å². The Balaban J connectivity index is 2.47. The van der Waals surface area contributed by atoms with Crippen LogP contribution in [-0.2, 0) is 16.1 Å². The lowest BCUT2D eigenvalue weighted by molar-refractivity contribution is -0.143. The Hall–Kier alpha value is -1.82. The van der Waals surface area contributed by atoms with Crippen molar-refractivity contribution >= 4 is 27.5 Å². The molecular weight excluding hydrogens is 238 g/mol. The number of nitrogens with two attached hydrogens (primary N) is 1. The van der Waals surface area contributed by atoms with Crippen molar-refractivity contribution in [1.82, 2.24) is 4.57 Å². The maximum absolute atomic E-state index is 11.5. The second-order valence-corrected chi connectivity index (χ2v) is 4.38. The molecule has 0 saturated carbocycles. The normalized spacial score (nSPS) is 11.9. The summed E-state index contributed by atoms with van der Waals surface area (Å²) in [6.07, 6.45) is 0. The van der Waals surface area contributed by atoms with Crippen LogP contribution in [0.3, 0.4) is 0 Å². The molecule has 1 aromatic heterocycles. The molecule has 0 bridgehead atoms. The molecule has 0 radical (unpaired) electrons. The van der Waals surface area contributed by atoms with Gasteiger partial charge >= 0.3 is 5.97 Å².